The van der Waals surface area contributed by atoms with Crippen molar-refractivity contribution in [2.75, 3.05) is 6.54 Å². The van der Waals surface area contributed by atoms with Gasteiger partial charge in [-0.1, -0.05) is 58.0 Å². The summed E-state index contributed by atoms with van der Waals surface area (Å²) in [5.41, 5.74) is 6.83. The summed E-state index contributed by atoms with van der Waals surface area (Å²) in [4.78, 5) is 52.2. The topological polar surface area (TPSA) is 142 Å². The number of hydrogen-bond donors (Lipinski definition) is 4. The molecule has 0 radical (unpaired) electrons. The second-order valence-corrected chi connectivity index (χ2v) is 9.74. The van der Waals surface area contributed by atoms with Crippen molar-refractivity contribution in [3.63, 3.8) is 0 Å². The van der Waals surface area contributed by atoms with Crippen molar-refractivity contribution in [3.05, 3.63) is 35.9 Å². The SMILES string of the molecule is CC(C)CC(NC(=O)C(Cc1ccccc1)NC(=O)C(N)C(C)C)C(=O)N1CCCC1C(=O)O. The molecule has 4 unspecified atom stereocenters. The molecule has 1 fully saturated rings. The molecule has 0 saturated carbocycles. The summed E-state index contributed by atoms with van der Waals surface area (Å²) in [5.74, 6) is -2.43. The van der Waals surface area contributed by atoms with Crippen LogP contribution in [-0.2, 0) is 25.6 Å². The van der Waals surface area contributed by atoms with E-state index in [-0.39, 0.29) is 18.3 Å². The minimum atomic E-state index is -1.04. The summed E-state index contributed by atoms with van der Waals surface area (Å²) in [6.07, 6.45) is 1.58. The number of carbonyl (C=O) groups excluding carboxylic acids is 3. The van der Waals surface area contributed by atoms with E-state index in [1.165, 1.54) is 4.90 Å². The number of likely N-dealkylation sites (tertiary alicyclic amines) is 1. The van der Waals surface area contributed by atoms with Gasteiger partial charge in [-0.2, -0.15) is 0 Å². The zero-order valence-corrected chi connectivity index (χ0v) is 20.5. The van der Waals surface area contributed by atoms with Gasteiger partial charge in [0, 0.05) is 13.0 Å². The number of hydrogen-bond acceptors (Lipinski definition) is 5. The minimum Gasteiger partial charge on any atom is -0.480 e. The Kier molecular flexibility index (Phi) is 10.0. The molecule has 0 spiro atoms. The third-order valence-corrected chi connectivity index (χ3v) is 6.08. The highest BCUT2D eigenvalue weighted by molar-refractivity contribution is 5.94. The summed E-state index contributed by atoms with van der Waals surface area (Å²) < 4.78 is 0. The van der Waals surface area contributed by atoms with Crippen LogP contribution in [0.2, 0.25) is 0 Å². The summed E-state index contributed by atoms with van der Waals surface area (Å²) in [6.45, 7) is 7.84. The zero-order valence-electron chi connectivity index (χ0n) is 20.5. The number of rotatable bonds is 11. The van der Waals surface area contributed by atoms with E-state index < -0.39 is 47.9 Å². The van der Waals surface area contributed by atoms with Crippen molar-refractivity contribution in [3.8, 4) is 0 Å². The monoisotopic (exact) mass is 474 g/mol. The Hall–Kier alpha value is -2.94. The number of carboxylic acids is 1. The van der Waals surface area contributed by atoms with Crippen molar-refractivity contribution in [1.82, 2.24) is 15.5 Å². The quantitative estimate of drug-likeness (QED) is 0.381. The van der Waals surface area contributed by atoms with Gasteiger partial charge in [-0.25, -0.2) is 4.79 Å². The first-order valence-electron chi connectivity index (χ1n) is 11.9. The first kappa shape index (κ1) is 27.3. The average molecular weight is 475 g/mol. The van der Waals surface area contributed by atoms with E-state index >= 15 is 0 Å². The number of benzene rings is 1. The molecular weight excluding hydrogens is 436 g/mol. The fraction of sp³-hybridized carbons (Fsp3) is 0.600. The van der Waals surface area contributed by atoms with Gasteiger partial charge in [0.05, 0.1) is 6.04 Å². The lowest BCUT2D eigenvalue weighted by molar-refractivity contribution is -0.149. The lowest BCUT2D eigenvalue weighted by Crippen LogP contribution is -2.58. The van der Waals surface area contributed by atoms with E-state index in [1.807, 2.05) is 58.0 Å². The maximum absolute atomic E-state index is 13.3. The Balaban J connectivity index is 2.24. The van der Waals surface area contributed by atoms with Crippen LogP contribution in [0, 0.1) is 11.8 Å². The number of amides is 3. The summed E-state index contributed by atoms with van der Waals surface area (Å²) in [5, 5.41) is 15.0. The Bertz CT molecular complexity index is 858. The summed E-state index contributed by atoms with van der Waals surface area (Å²) in [7, 11) is 0. The van der Waals surface area contributed by atoms with E-state index in [4.69, 9.17) is 5.73 Å². The maximum Gasteiger partial charge on any atom is 0.326 e. The molecule has 1 aliphatic heterocycles. The Morgan fingerprint density at radius 1 is 1.03 bits per heavy atom. The molecule has 1 heterocycles. The van der Waals surface area contributed by atoms with E-state index in [9.17, 15) is 24.3 Å². The number of carbonyl (C=O) groups is 4. The van der Waals surface area contributed by atoms with Crippen LogP contribution in [0.4, 0.5) is 0 Å². The van der Waals surface area contributed by atoms with E-state index in [0.717, 1.165) is 5.56 Å². The molecule has 3 amide bonds. The summed E-state index contributed by atoms with van der Waals surface area (Å²) in [6, 6.07) is 5.77. The third-order valence-electron chi connectivity index (χ3n) is 6.08. The van der Waals surface area contributed by atoms with Crippen LogP contribution < -0.4 is 16.4 Å². The molecule has 1 aromatic rings. The standard InChI is InChI=1S/C25H38N4O5/c1-15(2)13-19(24(32)29-12-8-11-20(29)25(33)34)28-22(30)18(14-17-9-6-5-7-10-17)27-23(31)21(26)16(3)4/h5-7,9-10,15-16,18-21H,8,11-14,26H2,1-4H3,(H,27,31)(H,28,30)(H,33,34). The van der Waals surface area contributed by atoms with Gasteiger partial charge < -0.3 is 26.4 Å². The minimum absolute atomic E-state index is 0.0802. The third kappa shape index (κ3) is 7.55. The van der Waals surface area contributed by atoms with Crippen LogP contribution in [0.5, 0.6) is 0 Å². The van der Waals surface area contributed by atoms with Crippen LogP contribution in [0.1, 0.15) is 52.5 Å². The number of nitrogens with two attached hydrogens (primary N) is 1. The molecule has 1 aliphatic rings. The molecule has 0 aromatic heterocycles. The Morgan fingerprint density at radius 3 is 2.21 bits per heavy atom. The van der Waals surface area contributed by atoms with Crippen molar-refractivity contribution in [2.24, 2.45) is 17.6 Å². The first-order chi connectivity index (χ1) is 16.0. The van der Waals surface area contributed by atoms with Gasteiger partial charge in [0.1, 0.15) is 18.1 Å². The smallest absolute Gasteiger partial charge is 0.326 e. The number of aliphatic carboxylic acids is 1. The molecule has 1 saturated heterocycles. The molecule has 5 N–H and O–H groups in total. The van der Waals surface area contributed by atoms with Crippen molar-refractivity contribution in [1.29, 1.82) is 0 Å². The molecular formula is C25H38N4O5. The van der Waals surface area contributed by atoms with Crippen LogP contribution in [0.15, 0.2) is 30.3 Å². The van der Waals surface area contributed by atoms with E-state index in [2.05, 4.69) is 10.6 Å². The van der Waals surface area contributed by atoms with Crippen LogP contribution in [0.25, 0.3) is 0 Å². The molecule has 0 bridgehead atoms. The van der Waals surface area contributed by atoms with Gasteiger partial charge in [0.25, 0.3) is 0 Å². The molecule has 9 nitrogen and oxygen atoms in total. The highest BCUT2D eigenvalue weighted by atomic mass is 16.4. The molecule has 188 valence electrons. The normalized spacial score (nSPS) is 18.4. The predicted octanol–water partition coefficient (Wildman–Crippen LogP) is 1.30. The fourth-order valence-electron chi connectivity index (χ4n) is 4.08. The lowest BCUT2D eigenvalue weighted by atomic mass is 9.99. The molecule has 34 heavy (non-hydrogen) atoms. The molecule has 4 atom stereocenters. The maximum atomic E-state index is 13.3. The lowest BCUT2D eigenvalue weighted by Gasteiger charge is -2.30. The zero-order chi connectivity index (χ0) is 25.4. The highest BCUT2D eigenvalue weighted by Crippen LogP contribution is 2.20. The van der Waals surface area contributed by atoms with Gasteiger partial charge in [-0.05, 0) is 36.7 Å². The van der Waals surface area contributed by atoms with Crippen molar-refractivity contribution >= 4 is 23.7 Å². The molecule has 2 rings (SSSR count). The van der Waals surface area contributed by atoms with Crippen LogP contribution >= 0.6 is 0 Å². The molecule has 1 aromatic carbocycles. The fourth-order valence-corrected chi connectivity index (χ4v) is 4.08. The molecule has 0 aliphatic carbocycles. The average Bonchev–Trinajstić information content (AvgIpc) is 3.27. The first-order valence-corrected chi connectivity index (χ1v) is 11.9. The van der Waals surface area contributed by atoms with Gasteiger partial charge >= 0.3 is 5.97 Å². The van der Waals surface area contributed by atoms with Crippen molar-refractivity contribution in [2.45, 2.75) is 77.5 Å². The van der Waals surface area contributed by atoms with Gasteiger partial charge in [-0.3, -0.25) is 14.4 Å². The van der Waals surface area contributed by atoms with E-state index in [0.29, 0.717) is 25.8 Å². The Morgan fingerprint density at radius 2 is 1.65 bits per heavy atom. The van der Waals surface area contributed by atoms with Gasteiger partial charge in [0.2, 0.25) is 17.7 Å². The predicted molar refractivity (Wildman–Crippen MR) is 129 cm³/mol. The summed E-state index contributed by atoms with van der Waals surface area (Å²) >= 11 is 0. The highest BCUT2D eigenvalue weighted by Gasteiger charge is 2.38. The van der Waals surface area contributed by atoms with E-state index in [1.54, 1.807) is 0 Å². The van der Waals surface area contributed by atoms with Crippen molar-refractivity contribution < 1.29 is 24.3 Å². The second-order valence-electron chi connectivity index (χ2n) is 9.74. The number of nitrogens with one attached hydrogen (secondary N) is 2. The number of carboxylic acid groups (broad SMARTS) is 1. The van der Waals surface area contributed by atoms with Crippen LogP contribution in [-0.4, -0.2) is 64.4 Å². The molecule has 9 heteroatoms. The van der Waals surface area contributed by atoms with Crippen LogP contribution in [0.3, 0.4) is 0 Å². The second kappa shape index (κ2) is 12.5. The van der Waals surface area contributed by atoms with Gasteiger partial charge in [-0.15, -0.1) is 0 Å². The largest absolute Gasteiger partial charge is 0.480 e. The Labute approximate surface area is 201 Å². The van der Waals surface area contributed by atoms with Gasteiger partial charge in [0.15, 0.2) is 0 Å². The number of nitrogens with zero attached hydrogens (tertiary/aromatic N) is 1.